The maximum absolute atomic E-state index is 13.6. The van der Waals surface area contributed by atoms with E-state index in [1.54, 1.807) is 13.1 Å². The zero-order valence-electron chi connectivity index (χ0n) is 14.2. The van der Waals surface area contributed by atoms with Crippen molar-refractivity contribution in [2.75, 3.05) is 0 Å². The van der Waals surface area contributed by atoms with E-state index in [9.17, 15) is 17.6 Å². The molecule has 3 aromatic heterocycles. The molecule has 0 unspecified atom stereocenters. The van der Waals surface area contributed by atoms with Gasteiger partial charge in [0.15, 0.2) is 17.4 Å². The highest BCUT2D eigenvalue weighted by Gasteiger charge is 2.34. The van der Waals surface area contributed by atoms with Crippen LogP contribution in [0.3, 0.4) is 0 Å². The Bertz CT molecular complexity index is 1180. The van der Waals surface area contributed by atoms with Crippen LogP contribution in [0.5, 0.6) is 11.5 Å². The predicted molar refractivity (Wildman–Crippen MR) is 94.8 cm³/mol. The Balaban J connectivity index is 1.89. The fourth-order valence-corrected chi connectivity index (χ4v) is 3.01. The first-order valence-electron chi connectivity index (χ1n) is 7.95. The van der Waals surface area contributed by atoms with Gasteiger partial charge in [0.05, 0.1) is 16.2 Å². The van der Waals surface area contributed by atoms with Crippen LogP contribution in [0, 0.1) is 5.95 Å². The number of rotatable bonds is 3. The molecule has 28 heavy (non-hydrogen) atoms. The number of H-pyrrole nitrogens is 1. The second kappa shape index (κ2) is 6.52. The molecule has 10 heteroatoms. The van der Waals surface area contributed by atoms with Crippen LogP contribution in [0.25, 0.3) is 22.3 Å². The van der Waals surface area contributed by atoms with Crippen LogP contribution in [-0.4, -0.2) is 19.7 Å². The number of benzene rings is 1. The molecule has 0 saturated heterocycles. The van der Waals surface area contributed by atoms with Crippen LogP contribution >= 0.6 is 11.6 Å². The molecule has 3 heterocycles. The van der Waals surface area contributed by atoms with E-state index in [1.807, 2.05) is 0 Å². The number of hydrogen-bond donors (Lipinski definition) is 1. The Morgan fingerprint density at radius 2 is 1.93 bits per heavy atom. The Kier molecular flexibility index (Phi) is 4.26. The van der Waals surface area contributed by atoms with Gasteiger partial charge >= 0.3 is 6.18 Å². The summed E-state index contributed by atoms with van der Waals surface area (Å²) in [5.74, 6) is -0.476. The number of aryl methyl sites for hydroxylation is 1. The minimum atomic E-state index is -4.63. The van der Waals surface area contributed by atoms with Crippen LogP contribution in [0.2, 0.25) is 5.02 Å². The highest BCUT2D eigenvalue weighted by atomic mass is 35.5. The summed E-state index contributed by atoms with van der Waals surface area (Å²) in [5.41, 5.74) is -0.407. The average Bonchev–Trinajstić information content (AvgIpc) is 3.21. The van der Waals surface area contributed by atoms with E-state index in [0.29, 0.717) is 16.6 Å². The van der Waals surface area contributed by atoms with Crippen LogP contribution in [-0.2, 0) is 13.2 Å². The second-order valence-corrected chi connectivity index (χ2v) is 6.35. The fraction of sp³-hybridized carbons (Fsp3) is 0.111. The number of alkyl halides is 3. The summed E-state index contributed by atoms with van der Waals surface area (Å²) in [6.45, 7) is 0. The molecule has 0 radical (unpaired) electrons. The molecule has 0 saturated carbocycles. The summed E-state index contributed by atoms with van der Waals surface area (Å²) in [6, 6.07) is 7.72. The molecule has 0 atom stereocenters. The van der Waals surface area contributed by atoms with Crippen LogP contribution in [0.15, 0.2) is 42.6 Å². The van der Waals surface area contributed by atoms with Gasteiger partial charge in [-0.1, -0.05) is 11.6 Å². The average molecular weight is 411 g/mol. The molecule has 0 fully saturated rings. The Hall–Kier alpha value is -3.07. The van der Waals surface area contributed by atoms with E-state index in [4.69, 9.17) is 16.3 Å². The van der Waals surface area contributed by atoms with Crippen molar-refractivity contribution in [3.63, 3.8) is 0 Å². The smallest absolute Gasteiger partial charge is 0.433 e. The Morgan fingerprint density at radius 3 is 2.61 bits per heavy atom. The largest absolute Gasteiger partial charge is 0.453 e. The lowest BCUT2D eigenvalue weighted by atomic mass is 10.2. The lowest BCUT2D eigenvalue weighted by molar-refractivity contribution is -0.141. The second-order valence-electron chi connectivity index (χ2n) is 5.94. The molecular weight excluding hydrogens is 400 g/mol. The van der Waals surface area contributed by atoms with Gasteiger partial charge < -0.3 is 9.72 Å². The number of fused-ring (bicyclic) bond motifs is 1. The van der Waals surface area contributed by atoms with Gasteiger partial charge in [-0.3, -0.25) is 4.68 Å². The molecule has 4 rings (SSSR count). The number of aromatic nitrogens is 4. The van der Waals surface area contributed by atoms with Crippen LogP contribution < -0.4 is 4.74 Å². The molecule has 0 aliphatic carbocycles. The van der Waals surface area contributed by atoms with E-state index in [0.717, 1.165) is 12.1 Å². The number of pyridine rings is 1. The van der Waals surface area contributed by atoms with Crippen molar-refractivity contribution in [1.82, 2.24) is 19.7 Å². The van der Waals surface area contributed by atoms with E-state index in [-0.39, 0.29) is 22.2 Å². The quantitative estimate of drug-likeness (QED) is 0.449. The number of hydrogen-bond acceptors (Lipinski definition) is 3. The van der Waals surface area contributed by atoms with Crippen molar-refractivity contribution in [2.24, 2.45) is 7.05 Å². The van der Waals surface area contributed by atoms with Gasteiger partial charge in [0.2, 0.25) is 0 Å². The van der Waals surface area contributed by atoms with Crippen molar-refractivity contribution < 1.29 is 22.3 Å². The van der Waals surface area contributed by atoms with Crippen LogP contribution in [0.4, 0.5) is 17.6 Å². The molecular formula is C18H11ClF4N4O. The van der Waals surface area contributed by atoms with E-state index in [2.05, 4.69) is 15.1 Å². The van der Waals surface area contributed by atoms with E-state index >= 15 is 0 Å². The lowest BCUT2D eigenvalue weighted by Crippen LogP contribution is -2.09. The molecule has 0 bridgehead atoms. The summed E-state index contributed by atoms with van der Waals surface area (Å²) >= 11 is 6.20. The molecule has 0 amide bonds. The number of nitrogens with zero attached hydrogens (tertiary/aromatic N) is 3. The Morgan fingerprint density at radius 1 is 1.14 bits per heavy atom. The standard InChI is InChI=1S/C18H11ClF4N4O/c1-27-12(6-7-24-27)16-13(4-5-14(26-16)18(21,22)23)28-17-9-8-15(20)25-11(9)3-2-10(17)19/h2-8,25H,1H3. The van der Waals surface area contributed by atoms with E-state index < -0.39 is 17.8 Å². The van der Waals surface area contributed by atoms with Crippen molar-refractivity contribution in [1.29, 1.82) is 0 Å². The number of ether oxygens (including phenoxy) is 1. The monoisotopic (exact) mass is 410 g/mol. The third kappa shape index (κ3) is 3.18. The molecule has 4 aromatic rings. The van der Waals surface area contributed by atoms with Gasteiger partial charge in [-0.25, -0.2) is 4.98 Å². The first-order chi connectivity index (χ1) is 13.2. The summed E-state index contributed by atoms with van der Waals surface area (Å²) < 4.78 is 60.3. The van der Waals surface area contributed by atoms with Crippen molar-refractivity contribution >= 4 is 22.5 Å². The zero-order chi connectivity index (χ0) is 20.1. The minimum Gasteiger partial charge on any atom is -0.453 e. The summed E-state index contributed by atoms with van der Waals surface area (Å²) in [7, 11) is 1.57. The molecule has 144 valence electrons. The first-order valence-corrected chi connectivity index (χ1v) is 8.33. The predicted octanol–water partition coefficient (Wildman–Crippen LogP) is 5.57. The molecule has 1 N–H and O–H groups in total. The third-order valence-electron chi connectivity index (χ3n) is 4.10. The maximum atomic E-state index is 13.6. The van der Waals surface area contributed by atoms with Crippen LogP contribution in [0.1, 0.15) is 5.69 Å². The highest BCUT2D eigenvalue weighted by molar-refractivity contribution is 6.33. The SMILES string of the molecule is Cn1nccc1-c1nc(C(F)(F)F)ccc1Oc1c(Cl)ccc2[nH]c(F)cc12. The summed E-state index contributed by atoms with van der Waals surface area (Å²) in [6.07, 6.45) is -3.20. The fourth-order valence-electron chi connectivity index (χ4n) is 2.81. The Labute approximate surface area is 160 Å². The van der Waals surface area contributed by atoms with Crippen molar-refractivity contribution in [3.8, 4) is 22.9 Å². The normalized spacial score (nSPS) is 11.9. The molecule has 0 aliphatic rings. The topological polar surface area (TPSA) is 55.7 Å². The van der Waals surface area contributed by atoms with Gasteiger partial charge in [-0.05, 0) is 30.3 Å². The van der Waals surface area contributed by atoms with Gasteiger partial charge in [-0.2, -0.15) is 22.7 Å². The molecule has 0 spiro atoms. The number of halogens is 5. The van der Waals surface area contributed by atoms with Gasteiger partial charge in [0.25, 0.3) is 0 Å². The lowest BCUT2D eigenvalue weighted by Gasteiger charge is -2.15. The molecule has 0 aliphatic heterocycles. The van der Waals surface area contributed by atoms with Gasteiger partial charge in [0, 0.05) is 24.7 Å². The summed E-state index contributed by atoms with van der Waals surface area (Å²) in [5, 5.41) is 4.48. The van der Waals surface area contributed by atoms with Crippen molar-refractivity contribution in [3.05, 3.63) is 59.3 Å². The third-order valence-corrected chi connectivity index (χ3v) is 4.40. The molecule has 5 nitrogen and oxygen atoms in total. The number of aromatic amines is 1. The zero-order valence-corrected chi connectivity index (χ0v) is 14.9. The van der Waals surface area contributed by atoms with Crippen molar-refractivity contribution in [2.45, 2.75) is 6.18 Å². The minimum absolute atomic E-state index is 0.0209. The van der Waals surface area contributed by atoms with Gasteiger partial charge in [0.1, 0.15) is 11.4 Å². The van der Waals surface area contributed by atoms with E-state index in [1.165, 1.54) is 29.1 Å². The number of nitrogens with one attached hydrogen (secondary N) is 1. The van der Waals surface area contributed by atoms with Gasteiger partial charge in [-0.15, -0.1) is 0 Å². The highest BCUT2D eigenvalue weighted by Crippen LogP contribution is 2.41. The first kappa shape index (κ1) is 18.3. The summed E-state index contributed by atoms with van der Waals surface area (Å²) in [4.78, 5) is 6.23. The maximum Gasteiger partial charge on any atom is 0.433 e. The molecule has 1 aromatic carbocycles.